The maximum absolute atomic E-state index is 9.55. The van der Waals surface area contributed by atoms with E-state index in [1.54, 1.807) is 0 Å². The first-order valence-corrected chi connectivity index (χ1v) is 4.81. The van der Waals surface area contributed by atoms with E-state index < -0.39 is 0 Å². The zero-order chi connectivity index (χ0) is 9.26. The average Bonchev–Trinajstić information content (AvgIpc) is 2.17. The molecule has 0 bridgehead atoms. The molecule has 0 aromatic heterocycles. The molecule has 0 spiro atoms. The standard InChI is InChI=1S/C11H15NO/c1-9(13)12-8-4-6-10-5-2-3-7-11(10)12/h2-3,5,7,9,13H,4,6,8H2,1H3. The van der Waals surface area contributed by atoms with Crippen LogP contribution in [0.3, 0.4) is 0 Å². The zero-order valence-electron chi connectivity index (χ0n) is 7.90. The van der Waals surface area contributed by atoms with Gasteiger partial charge in [0.25, 0.3) is 0 Å². The van der Waals surface area contributed by atoms with Crippen molar-refractivity contribution in [2.75, 3.05) is 11.4 Å². The Morgan fingerprint density at radius 1 is 1.38 bits per heavy atom. The van der Waals surface area contributed by atoms with Crippen LogP contribution in [0.25, 0.3) is 0 Å². The van der Waals surface area contributed by atoms with Crippen molar-refractivity contribution in [1.82, 2.24) is 0 Å². The van der Waals surface area contributed by atoms with Crippen LogP contribution < -0.4 is 4.90 Å². The molecule has 0 saturated carbocycles. The lowest BCUT2D eigenvalue weighted by Crippen LogP contribution is -2.36. The predicted octanol–water partition coefficient (Wildman–Crippen LogP) is 1.78. The van der Waals surface area contributed by atoms with E-state index in [0.29, 0.717) is 0 Å². The van der Waals surface area contributed by atoms with Crippen molar-refractivity contribution in [2.45, 2.75) is 26.0 Å². The Kier molecular flexibility index (Phi) is 2.23. The molecule has 2 heteroatoms. The smallest absolute Gasteiger partial charge is 0.124 e. The van der Waals surface area contributed by atoms with E-state index in [2.05, 4.69) is 23.1 Å². The van der Waals surface area contributed by atoms with Gasteiger partial charge in [0.1, 0.15) is 6.23 Å². The molecule has 1 atom stereocenters. The van der Waals surface area contributed by atoms with Crippen molar-refractivity contribution in [3.63, 3.8) is 0 Å². The highest BCUT2D eigenvalue weighted by atomic mass is 16.3. The summed E-state index contributed by atoms with van der Waals surface area (Å²) < 4.78 is 0. The van der Waals surface area contributed by atoms with Crippen molar-refractivity contribution < 1.29 is 5.11 Å². The van der Waals surface area contributed by atoms with Gasteiger partial charge in [-0.1, -0.05) is 18.2 Å². The van der Waals surface area contributed by atoms with Gasteiger partial charge in [-0.05, 0) is 31.4 Å². The molecule has 0 saturated heterocycles. The first kappa shape index (κ1) is 8.57. The lowest BCUT2D eigenvalue weighted by atomic mass is 10.0. The Labute approximate surface area is 78.8 Å². The molecule has 2 rings (SSSR count). The van der Waals surface area contributed by atoms with Gasteiger partial charge in [0, 0.05) is 12.2 Å². The highest BCUT2D eigenvalue weighted by molar-refractivity contribution is 5.55. The van der Waals surface area contributed by atoms with Crippen molar-refractivity contribution in [2.24, 2.45) is 0 Å². The van der Waals surface area contributed by atoms with E-state index in [4.69, 9.17) is 0 Å². The van der Waals surface area contributed by atoms with Crippen LogP contribution in [-0.2, 0) is 6.42 Å². The summed E-state index contributed by atoms with van der Waals surface area (Å²) in [7, 11) is 0. The van der Waals surface area contributed by atoms with E-state index in [0.717, 1.165) is 19.4 Å². The third-order valence-electron chi connectivity index (χ3n) is 2.60. The zero-order valence-corrected chi connectivity index (χ0v) is 7.90. The molecule has 0 radical (unpaired) electrons. The summed E-state index contributed by atoms with van der Waals surface area (Å²) in [5.74, 6) is 0. The lowest BCUT2D eigenvalue weighted by Gasteiger charge is -2.33. The molecule has 2 nitrogen and oxygen atoms in total. The van der Waals surface area contributed by atoms with Crippen LogP contribution in [0.15, 0.2) is 24.3 Å². The number of hydrogen-bond donors (Lipinski definition) is 1. The second-order valence-electron chi connectivity index (χ2n) is 3.56. The fourth-order valence-corrected chi connectivity index (χ4v) is 1.95. The van der Waals surface area contributed by atoms with Crippen molar-refractivity contribution >= 4 is 5.69 Å². The molecule has 1 unspecified atom stereocenters. The molecule has 1 heterocycles. The predicted molar refractivity (Wildman–Crippen MR) is 53.8 cm³/mol. The van der Waals surface area contributed by atoms with Gasteiger partial charge in [0.15, 0.2) is 0 Å². The molecular weight excluding hydrogens is 162 g/mol. The van der Waals surface area contributed by atoms with Crippen molar-refractivity contribution in [3.05, 3.63) is 29.8 Å². The Balaban J connectivity index is 2.37. The molecule has 1 aliphatic heterocycles. The summed E-state index contributed by atoms with van der Waals surface area (Å²) in [5, 5.41) is 9.55. The topological polar surface area (TPSA) is 23.5 Å². The number of anilines is 1. The quantitative estimate of drug-likeness (QED) is 0.706. The molecule has 1 aromatic rings. The summed E-state index contributed by atoms with van der Waals surface area (Å²) in [6.45, 7) is 2.79. The number of aryl methyl sites for hydroxylation is 1. The van der Waals surface area contributed by atoms with Crippen LogP contribution in [-0.4, -0.2) is 17.9 Å². The Hall–Kier alpha value is -1.02. The van der Waals surface area contributed by atoms with Crippen LogP contribution in [0, 0.1) is 0 Å². The van der Waals surface area contributed by atoms with Gasteiger partial charge in [-0.3, -0.25) is 0 Å². The fourth-order valence-electron chi connectivity index (χ4n) is 1.95. The second kappa shape index (κ2) is 3.38. The highest BCUT2D eigenvalue weighted by Gasteiger charge is 2.18. The van der Waals surface area contributed by atoms with Gasteiger partial charge < -0.3 is 10.0 Å². The third kappa shape index (κ3) is 1.54. The molecular formula is C11H15NO. The van der Waals surface area contributed by atoms with Crippen LogP contribution in [0.4, 0.5) is 5.69 Å². The monoisotopic (exact) mass is 177 g/mol. The van der Waals surface area contributed by atoms with E-state index in [-0.39, 0.29) is 6.23 Å². The molecule has 0 fully saturated rings. The summed E-state index contributed by atoms with van der Waals surface area (Å²) >= 11 is 0. The maximum Gasteiger partial charge on any atom is 0.124 e. The molecule has 0 amide bonds. The summed E-state index contributed by atoms with van der Waals surface area (Å²) in [6, 6.07) is 8.31. The minimum Gasteiger partial charge on any atom is -0.374 e. The number of fused-ring (bicyclic) bond motifs is 1. The molecule has 70 valence electrons. The average molecular weight is 177 g/mol. The Morgan fingerprint density at radius 2 is 2.15 bits per heavy atom. The largest absolute Gasteiger partial charge is 0.374 e. The first-order valence-electron chi connectivity index (χ1n) is 4.81. The van der Waals surface area contributed by atoms with Gasteiger partial charge in [-0.25, -0.2) is 0 Å². The summed E-state index contributed by atoms with van der Waals surface area (Å²) in [4.78, 5) is 2.05. The number of rotatable bonds is 1. The minimum atomic E-state index is -0.374. The lowest BCUT2D eigenvalue weighted by molar-refractivity contribution is 0.186. The number of benzene rings is 1. The normalized spacial score (nSPS) is 18.2. The summed E-state index contributed by atoms with van der Waals surface area (Å²) in [6.07, 6.45) is 1.91. The van der Waals surface area contributed by atoms with Crippen LogP contribution in [0.2, 0.25) is 0 Å². The van der Waals surface area contributed by atoms with Crippen molar-refractivity contribution in [3.8, 4) is 0 Å². The second-order valence-corrected chi connectivity index (χ2v) is 3.56. The van der Waals surface area contributed by atoms with Gasteiger partial charge in [0.2, 0.25) is 0 Å². The van der Waals surface area contributed by atoms with Gasteiger partial charge in [-0.15, -0.1) is 0 Å². The molecule has 0 aliphatic carbocycles. The van der Waals surface area contributed by atoms with Crippen LogP contribution in [0.1, 0.15) is 18.9 Å². The van der Waals surface area contributed by atoms with Crippen LogP contribution in [0.5, 0.6) is 0 Å². The number of nitrogens with zero attached hydrogens (tertiary/aromatic N) is 1. The van der Waals surface area contributed by atoms with Crippen molar-refractivity contribution in [1.29, 1.82) is 0 Å². The first-order chi connectivity index (χ1) is 6.29. The minimum absolute atomic E-state index is 0.374. The third-order valence-corrected chi connectivity index (χ3v) is 2.60. The molecule has 13 heavy (non-hydrogen) atoms. The molecule has 1 N–H and O–H groups in total. The van der Waals surface area contributed by atoms with E-state index >= 15 is 0 Å². The van der Waals surface area contributed by atoms with E-state index in [9.17, 15) is 5.11 Å². The van der Waals surface area contributed by atoms with Gasteiger partial charge >= 0.3 is 0 Å². The van der Waals surface area contributed by atoms with E-state index in [1.807, 2.05) is 13.0 Å². The van der Waals surface area contributed by atoms with Gasteiger partial charge in [-0.2, -0.15) is 0 Å². The fraction of sp³-hybridized carbons (Fsp3) is 0.455. The van der Waals surface area contributed by atoms with Crippen LogP contribution >= 0.6 is 0 Å². The Morgan fingerprint density at radius 3 is 2.92 bits per heavy atom. The maximum atomic E-state index is 9.55. The Bertz CT molecular complexity index is 296. The number of aliphatic hydroxyl groups excluding tert-OH is 1. The SMILES string of the molecule is CC(O)N1CCCc2ccccc21. The molecule has 1 aliphatic rings. The number of aliphatic hydroxyl groups is 1. The van der Waals surface area contributed by atoms with E-state index in [1.165, 1.54) is 11.3 Å². The summed E-state index contributed by atoms with van der Waals surface area (Å²) in [5.41, 5.74) is 2.55. The number of para-hydroxylation sites is 1. The number of hydrogen-bond acceptors (Lipinski definition) is 2. The molecule has 1 aromatic carbocycles. The highest BCUT2D eigenvalue weighted by Crippen LogP contribution is 2.27. The van der Waals surface area contributed by atoms with Gasteiger partial charge in [0.05, 0.1) is 0 Å².